The predicted octanol–water partition coefficient (Wildman–Crippen LogP) is 0.394. The molecule has 0 amide bonds. The van der Waals surface area contributed by atoms with Gasteiger partial charge in [-0.05, 0) is 12.8 Å². The van der Waals surface area contributed by atoms with Crippen LogP contribution in [-0.4, -0.2) is 12.1 Å². The molecular formula is C6H16N2O. The molecule has 3 heteroatoms. The van der Waals surface area contributed by atoms with Crippen molar-refractivity contribution in [3.05, 3.63) is 0 Å². The van der Waals surface area contributed by atoms with E-state index < -0.39 is 0 Å². The summed E-state index contributed by atoms with van der Waals surface area (Å²) in [6.07, 6.45) is 1.74. The summed E-state index contributed by atoms with van der Waals surface area (Å²) in [4.78, 5) is 4.76. The number of nitrogens with two attached hydrogens (primary N) is 2. The summed E-state index contributed by atoms with van der Waals surface area (Å²) >= 11 is 0. The number of hydrogen-bond acceptors (Lipinski definition) is 3. The molecule has 4 N–H and O–H groups in total. The Bertz CT molecular complexity index is 53.9. The van der Waals surface area contributed by atoms with E-state index in [1.165, 1.54) is 0 Å². The van der Waals surface area contributed by atoms with Gasteiger partial charge in [0.25, 0.3) is 0 Å². The van der Waals surface area contributed by atoms with Gasteiger partial charge in [-0.3, -0.25) is 4.84 Å². The Morgan fingerprint density at radius 2 is 1.78 bits per heavy atom. The normalized spacial score (nSPS) is 12.0. The molecule has 0 aliphatic carbocycles. The van der Waals surface area contributed by atoms with Crippen LogP contribution in [0.1, 0.15) is 26.7 Å². The molecule has 0 aromatic carbocycles. The fourth-order valence-corrected chi connectivity index (χ4v) is 0.753. The quantitative estimate of drug-likeness (QED) is 0.544. The first kappa shape index (κ1) is 8.88. The van der Waals surface area contributed by atoms with Crippen molar-refractivity contribution < 1.29 is 4.84 Å². The van der Waals surface area contributed by atoms with E-state index in [1.54, 1.807) is 0 Å². The molecule has 0 aromatic rings. The van der Waals surface area contributed by atoms with Crippen LogP contribution >= 0.6 is 0 Å². The lowest BCUT2D eigenvalue weighted by atomic mass is 9.98. The van der Waals surface area contributed by atoms with Gasteiger partial charge in [0.2, 0.25) is 0 Å². The van der Waals surface area contributed by atoms with Gasteiger partial charge in [-0.15, -0.1) is 0 Å². The third-order valence-electron chi connectivity index (χ3n) is 1.91. The van der Waals surface area contributed by atoms with Crippen molar-refractivity contribution in [1.29, 1.82) is 0 Å². The molecule has 0 aliphatic heterocycles. The molecule has 0 rings (SSSR count). The molecule has 56 valence electrons. The Morgan fingerprint density at radius 1 is 1.33 bits per heavy atom. The van der Waals surface area contributed by atoms with E-state index in [0.717, 1.165) is 12.8 Å². The topological polar surface area (TPSA) is 61.3 Å². The van der Waals surface area contributed by atoms with E-state index >= 15 is 0 Å². The first-order chi connectivity index (χ1) is 4.24. The van der Waals surface area contributed by atoms with E-state index in [9.17, 15) is 0 Å². The van der Waals surface area contributed by atoms with Crippen molar-refractivity contribution >= 4 is 0 Å². The first-order valence-corrected chi connectivity index (χ1v) is 3.32. The molecule has 3 nitrogen and oxygen atoms in total. The van der Waals surface area contributed by atoms with Crippen molar-refractivity contribution in [2.45, 2.75) is 32.3 Å². The van der Waals surface area contributed by atoms with Gasteiger partial charge in [-0.2, -0.15) is 0 Å². The van der Waals surface area contributed by atoms with E-state index in [4.69, 9.17) is 16.5 Å². The fourth-order valence-electron chi connectivity index (χ4n) is 0.753. The Morgan fingerprint density at radius 3 is 1.78 bits per heavy atom. The minimum absolute atomic E-state index is 0.278. The highest BCUT2D eigenvalue weighted by atomic mass is 16.6. The van der Waals surface area contributed by atoms with Crippen LogP contribution in [0, 0.1) is 0 Å². The van der Waals surface area contributed by atoms with Crippen LogP contribution in [0.2, 0.25) is 0 Å². The maximum absolute atomic E-state index is 5.43. The first-order valence-electron chi connectivity index (χ1n) is 3.32. The van der Waals surface area contributed by atoms with Gasteiger partial charge < -0.3 is 5.73 Å². The van der Waals surface area contributed by atoms with Gasteiger partial charge in [-0.1, -0.05) is 13.8 Å². The van der Waals surface area contributed by atoms with Crippen LogP contribution in [0.25, 0.3) is 0 Å². The minimum atomic E-state index is -0.278. The second-order valence-corrected chi connectivity index (χ2v) is 2.21. The lowest BCUT2D eigenvalue weighted by molar-refractivity contribution is -0.0465. The number of rotatable bonds is 4. The standard InChI is InChI=1S/C6H16N2O/c1-3-6(4-2,5-7)9-8/h3-5,7-8H2,1-2H3. The van der Waals surface area contributed by atoms with E-state index in [2.05, 4.69) is 0 Å². The third kappa shape index (κ3) is 1.93. The molecule has 0 aromatic heterocycles. The van der Waals surface area contributed by atoms with Crippen molar-refractivity contribution in [3.63, 3.8) is 0 Å². The summed E-state index contributed by atoms with van der Waals surface area (Å²) in [6.45, 7) is 4.53. The van der Waals surface area contributed by atoms with Gasteiger partial charge in [0.15, 0.2) is 0 Å². The highest BCUT2D eigenvalue weighted by Gasteiger charge is 2.23. The van der Waals surface area contributed by atoms with Crippen molar-refractivity contribution in [3.8, 4) is 0 Å². The highest BCUT2D eigenvalue weighted by molar-refractivity contribution is 4.76. The maximum Gasteiger partial charge on any atom is 0.101 e. The average molecular weight is 132 g/mol. The van der Waals surface area contributed by atoms with Gasteiger partial charge >= 0.3 is 0 Å². The van der Waals surface area contributed by atoms with Crippen molar-refractivity contribution in [2.24, 2.45) is 11.6 Å². The molecule has 0 saturated heterocycles. The summed E-state index contributed by atoms with van der Waals surface area (Å²) in [5.41, 5.74) is 5.16. The summed E-state index contributed by atoms with van der Waals surface area (Å²) in [5, 5.41) is 0. The summed E-state index contributed by atoms with van der Waals surface area (Å²) in [7, 11) is 0. The average Bonchev–Trinajstić information content (AvgIpc) is 1.95. The van der Waals surface area contributed by atoms with E-state index in [-0.39, 0.29) is 5.60 Å². The van der Waals surface area contributed by atoms with Gasteiger partial charge in [-0.25, -0.2) is 5.90 Å². The second-order valence-electron chi connectivity index (χ2n) is 2.21. The van der Waals surface area contributed by atoms with Crippen LogP contribution in [0.5, 0.6) is 0 Å². The van der Waals surface area contributed by atoms with E-state index in [0.29, 0.717) is 6.54 Å². The van der Waals surface area contributed by atoms with Crippen LogP contribution in [0.15, 0.2) is 0 Å². The van der Waals surface area contributed by atoms with E-state index in [1.807, 2.05) is 13.8 Å². The smallest absolute Gasteiger partial charge is 0.101 e. The Balaban J connectivity index is 3.82. The number of hydrogen-bond donors (Lipinski definition) is 2. The van der Waals surface area contributed by atoms with Crippen molar-refractivity contribution in [1.82, 2.24) is 0 Å². The Hall–Kier alpha value is -0.120. The van der Waals surface area contributed by atoms with Gasteiger partial charge in [0.1, 0.15) is 5.60 Å². The van der Waals surface area contributed by atoms with Crippen LogP contribution < -0.4 is 11.6 Å². The highest BCUT2D eigenvalue weighted by Crippen LogP contribution is 2.15. The maximum atomic E-state index is 5.43. The molecule has 0 atom stereocenters. The molecule has 0 bridgehead atoms. The van der Waals surface area contributed by atoms with Crippen LogP contribution in [-0.2, 0) is 4.84 Å². The zero-order valence-electron chi connectivity index (χ0n) is 6.18. The summed E-state index contributed by atoms with van der Waals surface area (Å²) < 4.78 is 0. The monoisotopic (exact) mass is 132 g/mol. The van der Waals surface area contributed by atoms with Crippen LogP contribution in [0.4, 0.5) is 0 Å². The fraction of sp³-hybridized carbons (Fsp3) is 1.00. The molecule has 0 spiro atoms. The molecule has 0 aliphatic rings. The molecular weight excluding hydrogens is 116 g/mol. The zero-order valence-corrected chi connectivity index (χ0v) is 6.18. The minimum Gasteiger partial charge on any atom is -0.328 e. The summed E-state index contributed by atoms with van der Waals surface area (Å²) in [6, 6.07) is 0. The molecule has 0 saturated carbocycles. The summed E-state index contributed by atoms with van der Waals surface area (Å²) in [5.74, 6) is 5.06. The lowest BCUT2D eigenvalue weighted by Crippen LogP contribution is -2.41. The molecule has 0 fully saturated rings. The lowest BCUT2D eigenvalue weighted by Gasteiger charge is -2.26. The molecule has 9 heavy (non-hydrogen) atoms. The molecule has 0 unspecified atom stereocenters. The third-order valence-corrected chi connectivity index (χ3v) is 1.91. The van der Waals surface area contributed by atoms with Crippen LogP contribution in [0.3, 0.4) is 0 Å². The van der Waals surface area contributed by atoms with Gasteiger partial charge in [0.05, 0.1) is 0 Å². The largest absolute Gasteiger partial charge is 0.328 e. The van der Waals surface area contributed by atoms with Gasteiger partial charge in [0, 0.05) is 6.54 Å². The Kier molecular flexibility index (Phi) is 3.77. The molecule has 0 heterocycles. The Labute approximate surface area is 56.3 Å². The molecule has 0 radical (unpaired) electrons. The SMILES string of the molecule is CCC(CC)(CN)ON. The van der Waals surface area contributed by atoms with Crippen molar-refractivity contribution in [2.75, 3.05) is 6.54 Å². The zero-order chi connectivity index (χ0) is 7.33. The predicted molar refractivity (Wildman–Crippen MR) is 37.6 cm³/mol. The second kappa shape index (κ2) is 3.82.